The third-order valence-corrected chi connectivity index (χ3v) is 4.56. The molecule has 0 aromatic heterocycles. The van der Waals surface area contributed by atoms with Crippen molar-refractivity contribution >= 4 is 23.2 Å². The second-order valence-corrected chi connectivity index (χ2v) is 6.93. The predicted molar refractivity (Wildman–Crippen MR) is 85.1 cm³/mol. The van der Waals surface area contributed by atoms with Crippen LogP contribution in [0.15, 0.2) is 12.1 Å². The van der Waals surface area contributed by atoms with Crippen LogP contribution in [0.3, 0.4) is 0 Å². The maximum absolute atomic E-state index is 6.21. The Hall–Kier alpha value is -0.480. The Balaban J connectivity index is 2.17. The van der Waals surface area contributed by atoms with Crippen LogP contribution in [0, 0.1) is 0 Å². The van der Waals surface area contributed by atoms with Gasteiger partial charge in [0.1, 0.15) is 5.75 Å². The van der Waals surface area contributed by atoms with Crippen molar-refractivity contribution in [1.29, 1.82) is 0 Å². The first-order valence-electron chi connectivity index (χ1n) is 6.84. The summed E-state index contributed by atoms with van der Waals surface area (Å²) in [6, 6.07) is 3.91. The van der Waals surface area contributed by atoms with Gasteiger partial charge in [-0.05, 0) is 40.1 Å². The number of nitrogens with one attached hydrogen (secondary N) is 1. The van der Waals surface area contributed by atoms with Crippen LogP contribution in [0.25, 0.3) is 0 Å². The van der Waals surface area contributed by atoms with Crippen LogP contribution >= 0.6 is 23.2 Å². The Morgan fingerprint density at radius 1 is 1.35 bits per heavy atom. The number of hydrogen-bond acceptors (Lipinski definition) is 3. The van der Waals surface area contributed by atoms with Crippen LogP contribution in [-0.2, 0) is 0 Å². The molecule has 3 nitrogen and oxygen atoms in total. The second-order valence-electron chi connectivity index (χ2n) is 6.08. The molecule has 0 saturated carbocycles. The molecule has 1 atom stereocenters. The molecule has 0 fully saturated rings. The first-order chi connectivity index (χ1) is 9.31. The number of halogens is 2. The lowest BCUT2D eigenvalue weighted by Crippen LogP contribution is -2.47. The highest BCUT2D eigenvalue weighted by Gasteiger charge is 2.27. The lowest BCUT2D eigenvalue weighted by molar-refractivity contribution is 0.174. The number of benzene rings is 1. The zero-order valence-corrected chi connectivity index (χ0v) is 14.0. The van der Waals surface area contributed by atoms with Crippen LogP contribution in [0.2, 0.25) is 10.0 Å². The molecule has 0 bridgehead atoms. The smallest absolute Gasteiger partial charge is 0.142 e. The molecular formula is C15H22Cl2N2O. The molecular weight excluding hydrogens is 295 g/mol. The van der Waals surface area contributed by atoms with E-state index in [1.54, 1.807) is 6.07 Å². The van der Waals surface area contributed by atoms with E-state index in [2.05, 4.69) is 38.2 Å². The van der Waals surface area contributed by atoms with Crippen molar-refractivity contribution in [2.45, 2.75) is 31.8 Å². The Morgan fingerprint density at radius 2 is 2.05 bits per heavy atom. The zero-order valence-electron chi connectivity index (χ0n) is 12.5. The minimum absolute atomic E-state index is 0.0842. The van der Waals surface area contributed by atoms with Gasteiger partial charge in [0.25, 0.3) is 0 Å². The topological polar surface area (TPSA) is 24.5 Å². The van der Waals surface area contributed by atoms with Gasteiger partial charge in [-0.25, -0.2) is 0 Å². The summed E-state index contributed by atoms with van der Waals surface area (Å²) in [6.07, 6.45) is 0.924. The molecule has 2 rings (SSSR count). The highest BCUT2D eigenvalue weighted by atomic mass is 35.5. The average molecular weight is 317 g/mol. The van der Waals surface area contributed by atoms with Gasteiger partial charge >= 0.3 is 0 Å². The van der Waals surface area contributed by atoms with Gasteiger partial charge in [-0.1, -0.05) is 23.2 Å². The Bertz CT molecular complexity index is 489. The molecule has 5 heteroatoms. The largest absolute Gasteiger partial charge is 0.492 e. The molecule has 1 N–H and O–H groups in total. The van der Waals surface area contributed by atoms with Crippen molar-refractivity contribution in [1.82, 2.24) is 10.2 Å². The summed E-state index contributed by atoms with van der Waals surface area (Å²) in [5.74, 6) is 0.766. The molecule has 0 saturated heterocycles. The molecule has 0 amide bonds. The van der Waals surface area contributed by atoms with Gasteiger partial charge in [-0.15, -0.1) is 0 Å². The molecule has 1 aromatic rings. The summed E-state index contributed by atoms with van der Waals surface area (Å²) < 4.78 is 5.68. The van der Waals surface area contributed by atoms with Crippen LogP contribution in [0.4, 0.5) is 0 Å². The van der Waals surface area contributed by atoms with Crippen molar-refractivity contribution in [3.05, 3.63) is 27.7 Å². The molecule has 1 heterocycles. The predicted octanol–water partition coefficient (Wildman–Crippen LogP) is 3.75. The van der Waals surface area contributed by atoms with Gasteiger partial charge in [0, 0.05) is 35.1 Å². The number of fused-ring (bicyclic) bond motifs is 1. The molecule has 0 spiro atoms. The van der Waals surface area contributed by atoms with E-state index in [4.69, 9.17) is 27.9 Å². The molecule has 1 aliphatic heterocycles. The number of rotatable bonds is 4. The first kappa shape index (κ1) is 15.9. The molecule has 112 valence electrons. The van der Waals surface area contributed by atoms with E-state index >= 15 is 0 Å². The molecule has 1 aliphatic rings. The van der Waals surface area contributed by atoms with Gasteiger partial charge in [0.2, 0.25) is 0 Å². The van der Waals surface area contributed by atoms with Crippen LogP contribution in [0.5, 0.6) is 5.75 Å². The first-order valence-corrected chi connectivity index (χ1v) is 7.59. The van der Waals surface area contributed by atoms with E-state index < -0.39 is 0 Å². The SMILES string of the molecule is CN(C)C(C)(C)CNC1CCOc2c(Cl)cc(Cl)cc21. The number of ether oxygens (including phenoxy) is 1. The van der Waals surface area contributed by atoms with Crippen molar-refractivity contribution in [3.63, 3.8) is 0 Å². The van der Waals surface area contributed by atoms with Crippen molar-refractivity contribution < 1.29 is 4.74 Å². The van der Waals surface area contributed by atoms with E-state index in [1.165, 1.54) is 0 Å². The van der Waals surface area contributed by atoms with Gasteiger partial charge in [-0.3, -0.25) is 0 Å². The zero-order chi connectivity index (χ0) is 14.9. The van der Waals surface area contributed by atoms with Crippen LogP contribution < -0.4 is 10.1 Å². The Morgan fingerprint density at radius 3 is 2.70 bits per heavy atom. The highest BCUT2D eigenvalue weighted by molar-refractivity contribution is 6.35. The van der Waals surface area contributed by atoms with Crippen molar-refractivity contribution in [2.24, 2.45) is 0 Å². The van der Waals surface area contributed by atoms with E-state index in [9.17, 15) is 0 Å². The highest BCUT2D eigenvalue weighted by Crippen LogP contribution is 2.40. The molecule has 0 aliphatic carbocycles. The maximum Gasteiger partial charge on any atom is 0.142 e. The van der Waals surface area contributed by atoms with E-state index in [0.29, 0.717) is 16.7 Å². The summed E-state index contributed by atoms with van der Waals surface area (Å²) in [6.45, 7) is 5.99. The fourth-order valence-electron chi connectivity index (χ4n) is 2.17. The standard InChI is InChI=1S/C15H22Cl2N2O/c1-15(2,19(3)4)9-18-13-5-6-20-14-11(13)7-10(16)8-12(14)17/h7-8,13,18H,5-6,9H2,1-4H3. The van der Waals surface area contributed by atoms with Gasteiger partial charge in [0.15, 0.2) is 0 Å². The number of likely N-dealkylation sites (N-methyl/N-ethyl adjacent to an activating group) is 1. The Labute approximate surface area is 131 Å². The van der Waals surface area contributed by atoms with Gasteiger partial charge in [0.05, 0.1) is 11.6 Å². The minimum Gasteiger partial charge on any atom is -0.492 e. The summed E-state index contributed by atoms with van der Waals surface area (Å²) in [5, 5.41) is 4.85. The molecule has 1 unspecified atom stereocenters. The van der Waals surface area contributed by atoms with E-state index in [0.717, 1.165) is 24.3 Å². The van der Waals surface area contributed by atoms with Crippen molar-refractivity contribution in [2.75, 3.05) is 27.2 Å². The third-order valence-electron chi connectivity index (χ3n) is 4.06. The number of hydrogen-bond donors (Lipinski definition) is 1. The normalized spacial score (nSPS) is 18.9. The maximum atomic E-state index is 6.21. The minimum atomic E-state index is 0.0842. The van der Waals surface area contributed by atoms with Crippen molar-refractivity contribution in [3.8, 4) is 5.75 Å². The van der Waals surface area contributed by atoms with Gasteiger partial charge < -0.3 is 15.0 Å². The summed E-state index contributed by atoms with van der Waals surface area (Å²) in [7, 11) is 4.18. The van der Waals surface area contributed by atoms with Crippen LogP contribution in [-0.4, -0.2) is 37.7 Å². The summed E-state index contributed by atoms with van der Waals surface area (Å²) in [4.78, 5) is 2.21. The fourth-order valence-corrected chi connectivity index (χ4v) is 2.73. The average Bonchev–Trinajstić information content (AvgIpc) is 2.36. The quantitative estimate of drug-likeness (QED) is 0.915. The second kappa shape index (κ2) is 6.10. The molecule has 0 radical (unpaired) electrons. The lowest BCUT2D eigenvalue weighted by Gasteiger charge is -2.36. The van der Waals surface area contributed by atoms with E-state index in [-0.39, 0.29) is 11.6 Å². The summed E-state index contributed by atoms with van der Waals surface area (Å²) in [5.41, 5.74) is 1.14. The Kier molecular flexibility index (Phi) is 4.85. The lowest BCUT2D eigenvalue weighted by atomic mass is 9.98. The summed E-state index contributed by atoms with van der Waals surface area (Å²) >= 11 is 12.3. The third kappa shape index (κ3) is 3.40. The van der Waals surface area contributed by atoms with E-state index in [1.807, 2.05) is 6.07 Å². The monoisotopic (exact) mass is 316 g/mol. The fraction of sp³-hybridized carbons (Fsp3) is 0.600. The van der Waals surface area contributed by atoms with Gasteiger partial charge in [-0.2, -0.15) is 0 Å². The number of nitrogens with zero attached hydrogens (tertiary/aromatic N) is 1. The molecule has 20 heavy (non-hydrogen) atoms. The van der Waals surface area contributed by atoms with Crippen LogP contribution in [0.1, 0.15) is 31.9 Å². The molecule has 1 aromatic carbocycles.